The number of aromatic amines is 1. The molecule has 3 aromatic rings. The minimum absolute atomic E-state index is 0.214. The van der Waals surface area contributed by atoms with Crippen LogP contribution in [0.15, 0.2) is 64.5 Å². The number of hydrogen-bond donors (Lipinski definition) is 2. The molecule has 0 aliphatic heterocycles. The van der Waals surface area contributed by atoms with E-state index in [1.165, 1.54) is 5.56 Å². The van der Waals surface area contributed by atoms with Gasteiger partial charge >= 0.3 is 0 Å². The van der Waals surface area contributed by atoms with E-state index < -0.39 is 0 Å². The predicted molar refractivity (Wildman–Crippen MR) is 95.1 cm³/mol. The molecule has 0 aliphatic rings. The highest BCUT2D eigenvalue weighted by Crippen LogP contribution is 2.19. The first-order chi connectivity index (χ1) is 11.6. The van der Waals surface area contributed by atoms with Crippen molar-refractivity contribution in [1.29, 1.82) is 0 Å². The van der Waals surface area contributed by atoms with E-state index in [1.54, 1.807) is 6.92 Å². The van der Waals surface area contributed by atoms with E-state index in [2.05, 4.69) is 50.0 Å². The van der Waals surface area contributed by atoms with E-state index in [1.807, 2.05) is 37.3 Å². The Balaban J connectivity index is 1.76. The van der Waals surface area contributed by atoms with Crippen molar-refractivity contribution < 1.29 is 0 Å². The number of anilines is 1. The molecule has 0 radical (unpaired) electrons. The monoisotopic (exact) mass is 319 g/mol. The van der Waals surface area contributed by atoms with E-state index in [-0.39, 0.29) is 11.5 Å². The smallest absolute Gasteiger partial charge is 0.274 e. The van der Waals surface area contributed by atoms with Crippen LogP contribution in [-0.2, 0) is 0 Å². The van der Waals surface area contributed by atoms with Crippen molar-refractivity contribution in [1.82, 2.24) is 15.2 Å². The van der Waals surface area contributed by atoms with Crippen LogP contribution < -0.4 is 11.0 Å². The van der Waals surface area contributed by atoms with Crippen LogP contribution in [0.3, 0.4) is 0 Å². The molecule has 0 saturated carbocycles. The van der Waals surface area contributed by atoms with Crippen molar-refractivity contribution in [3.05, 3.63) is 76.2 Å². The Labute approximate surface area is 139 Å². The SMILES string of the molecule is C/C(=N/Nc1nnc(C)c(=O)[nH]1)c1ccc(-c2ccccc2)cc1. The molecule has 1 aromatic heterocycles. The Morgan fingerprint density at radius 3 is 2.33 bits per heavy atom. The lowest BCUT2D eigenvalue weighted by atomic mass is 10.0. The molecule has 0 fully saturated rings. The lowest BCUT2D eigenvalue weighted by Crippen LogP contribution is -2.16. The Bertz CT molecular complexity index is 914. The van der Waals surface area contributed by atoms with Gasteiger partial charge in [0.1, 0.15) is 5.69 Å². The Morgan fingerprint density at radius 1 is 1.00 bits per heavy atom. The first-order valence-corrected chi connectivity index (χ1v) is 7.53. The van der Waals surface area contributed by atoms with Gasteiger partial charge in [0.15, 0.2) is 0 Å². The Hall–Kier alpha value is -3.28. The maximum Gasteiger partial charge on any atom is 0.274 e. The molecule has 0 spiro atoms. The second-order valence-electron chi connectivity index (χ2n) is 5.34. The van der Waals surface area contributed by atoms with Crippen LogP contribution in [-0.4, -0.2) is 20.9 Å². The van der Waals surface area contributed by atoms with Crippen molar-refractivity contribution in [2.75, 3.05) is 5.43 Å². The van der Waals surface area contributed by atoms with Crippen LogP contribution in [0.4, 0.5) is 5.95 Å². The second kappa shape index (κ2) is 6.87. The van der Waals surface area contributed by atoms with Gasteiger partial charge in [0.05, 0.1) is 5.71 Å². The third-order valence-corrected chi connectivity index (χ3v) is 3.60. The van der Waals surface area contributed by atoms with E-state index in [9.17, 15) is 4.79 Å². The van der Waals surface area contributed by atoms with Gasteiger partial charge in [-0.05, 0) is 30.5 Å². The van der Waals surface area contributed by atoms with Crippen LogP contribution >= 0.6 is 0 Å². The van der Waals surface area contributed by atoms with E-state index in [4.69, 9.17) is 0 Å². The third kappa shape index (κ3) is 3.55. The summed E-state index contributed by atoms with van der Waals surface area (Å²) in [6.07, 6.45) is 0. The first-order valence-electron chi connectivity index (χ1n) is 7.53. The third-order valence-electron chi connectivity index (χ3n) is 3.60. The summed E-state index contributed by atoms with van der Waals surface area (Å²) < 4.78 is 0. The number of aryl methyl sites for hydroxylation is 1. The van der Waals surface area contributed by atoms with Gasteiger partial charge in [-0.3, -0.25) is 9.78 Å². The largest absolute Gasteiger partial charge is 0.288 e. The van der Waals surface area contributed by atoms with Gasteiger partial charge in [0, 0.05) is 0 Å². The fourth-order valence-electron chi connectivity index (χ4n) is 2.18. The van der Waals surface area contributed by atoms with E-state index >= 15 is 0 Å². The molecule has 0 aliphatic carbocycles. The summed E-state index contributed by atoms with van der Waals surface area (Å²) in [6, 6.07) is 18.3. The number of benzene rings is 2. The number of H-pyrrole nitrogens is 1. The molecule has 6 heteroatoms. The van der Waals surface area contributed by atoms with Gasteiger partial charge in [0.2, 0.25) is 5.95 Å². The summed E-state index contributed by atoms with van der Waals surface area (Å²) in [7, 11) is 0. The molecule has 2 aromatic carbocycles. The molecule has 0 saturated heterocycles. The molecule has 3 rings (SSSR count). The van der Waals surface area contributed by atoms with Crippen LogP contribution in [0, 0.1) is 6.92 Å². The van der Waals surface area contributed by atoms with Gasteiger partial charge in [-0.15, -0.1) is 10.2 Å². The fourth-order valence-corrected chi connectivity index (χ4v) is 2.18. The zero-order chi connectivity index (χ0) is 16.9. The molecular weight excluding hydrogens is 302 g/mol. The summed E-state index contributed by atoms with van der Waals surface area (Å²) in [5, 5.41) is 11.8. The zero-order valence-corrected chi connectivity index (χ0v) is 13.4. The molecule has 0 bridgehead atoms. The number of aromatic nitrogens is 3. The maximum absolute atomic E-state index is 11.5. The quantitative estimate of drug-likeness (QED) is 0.572. The number of hydrazone groups is 1. The molecular formula is C18H17N5O. The van der Waals surface area contributed by atoms with Gasteiger partial charge in [-0.25, -0.2) is 5.43 Å². The normalized spacial score (nSPS) is 11.3. The summed E-state index contributed by atoms with van der Waals surface area (Å²) in [4.78, 5) is 14.0. The van der Waals surface area contributed by atoms with Gasteiger partial charge in [-0.2, -0.15) is 5.10 Å². The molecule has 2 N–H and O–H groups in total. The van der Waals surface area contributed by atoms with Crippen molar-refractivity contribution in [3.63, 3.8) is 0 Å². The highest BCUT2D eigenvalue weighted by Gasteiger charge is 2.02. The van der Waals surface area contributed by atoms with Crippen LogP contribution in [0.5, 0.6) is 0 Å². The van der Waals surface area contributed by atoms with Gasteiger partial charge < -0.3 is 0 Å². The predicted octanol–water partition coefficient (Wildman–Crippen LogP) is 2.98. The molecule has 0 unspecified atom stereocenters. The molecule has 0 amide bonds. The molecule has 24 heavy (non-hydrogen) atoms. The molecule has 6 nitrogen and oxygen atoms in total. The van der Waals surface area contributed by atoms with Crippen molar-refractivity contribution in [2.24, 2.45) is 5.10 Å². The standard InChI is InChI=1S/C18H17N5O/c1-12(20-22-18-19-17(24)13(2)21-23-18)14-8-10-16(11-9-14)15-6-4-3-5-7-15/h3-11H,1-2H3,(H2,19,22,23,24)/b20-12-. The summed E-state index contributed by atoms with van der Waals surface area (Å²) in [5.41, 5.74) is 6.82. The number of nitrogens with one attached hydrogen (secondary N) is 2. The minimum atomic E-state index is -0.285. The number of rotatable bonds is 4. The fraction of sp³-hybridized carbons (Fsp3) is 0.111. The average molecular weight is 319 g/mol. The first kappa shape index (κ1) is 15.6. The van der Waals surface area contributed by atoms with Crippen LogP contribution in [0.2, 0.25) is 0 Å². The number of hydrogen-bond acceptors (Lipinski definition) is 5. The molecule has 120 valence electrons. The number of nitrogens with zero attached hydrogens (tertiary/aromatic N) is 3. The van der Waals surface area contributed by atoms with Crippen LogP contribution in [0.1, 0.15) is 18.2 Å². The average Bonchev–Trinajstić information content (AvgIpc) is 2.63. The van der Waals surface area contributed by atoms with Crippen LogP contribution in [0.25, 0.3) is 11.1 Å². The lowest BCUT2D eigenvalue weighted by Gasteiger charge is -2.05. The van der Waals surface area contributed by atoms with Crippen molar-refractivity contribution in [3.8, 4) is 11.1 Å². The van der Waals surface area contributed by atoms with Gasteiger partial charge in [-0.1, -0.05) is 54.6 Å². The van der Waals surface area contributed by atoms with Gasteiger partial charge in [0.25, 0.3) is 5.56 Å². The zero-order valence-electron chi connectivity index (χ0n) is 13.4. The van der Waals surface area contributed by atoms with Crippen molar-refractivity contribution >= 4 is 11.7 Å². The van der Waals surface area contributed by atoms with Crippen molar-refractivity contribution in [2.45, 2.75) is 13.8 Å². The topological polar surface area (TPSA) is 83.0 Å². The second-order valence-corrected chi connectivity index (χ2v) is 5.34. The highest BCUT2D eigenvalue weighted by atomic mass is 16.1. The van der Waals surface area contributed by atoms with E-state index in [0.29, 0.717) is 5.69 Å². The highest BCUT2D eigenvalue weighted by molar-refractivity contribution is 5.99. The summed E-state index contributed by atoms with van der Waals surface area (Å²) >= 11 is 0. The lowest BCUT2D eigenvalue weighted by molar-refractivity contribution is 0.897. The molecule has 1 heterocycles. The summed E-state index contributed by atoms with van der Waals surface area (Å²) in [5.74, 6) is 0.214. The minimum Gasteiger partial charge on any atom is -0.288 e. The summed E-state index contributed by atoms with van der Waals surface area (Å²) in [6.45, 7) is 3.47. The Morgan fingerprint density at radius 2 is 1.67 bits per heavy atom. The molecule has 0 atom stereocenters. The van der Waals surface area contributed by atoms with E-state index in [0.717, 1.165) is 16.8 Å². The maximum atomic E-state index is 11.5. The Kier molecular flexibility index (Phi) is 4.47.